The molecule has 0 aliphatic rings. The zero-order valence-electron chi connectivity index (χ0n) is 14.9. The van der Waals surface area contributed by atoms with Crippen LogP contribution in [0.5, 0.6) is 0 Å². The average Bonchev–Trinajstić information content (AvgIpc) is 2.63. The standard InChI is InChI=1S/C23H22N2/c1-4-17-10-7-8-15(2)22(17)25-21-14-16(3)24-23-19-11-6-5-9-18(19)12-13-20(21)23/h5-14H,4H2,1-3H3,(H,24,25). The van der Waals surface area contributed by atoms with Gasteiger partial charge in [-0.2, -0.15) is 0 Å². The summed E-state index contributed by atoms with van der Waals surface area (Å²) in [5.74, 6) is 0. The van der Waals surface area contributed by atoms with Crippen molar-refractivity contribution in [1.82, 2.24) is 4.98 Å². The largest absolute Gasteiger partial charge is 0.354 e. The van der Waals surface area contributed by atoms with E-state index in [-0.39, 0.29) is 0 Å². The third-order valence-electron chi connectivity index (χ3n) is 4.83. The van der Waals surface area contributed by atoms with Gasteiger partial charge in [0.15, 0.2) is 0 Å². The third-order valence-corrected chi connectivity index (χ3v) is 4.83. The molecule has 0 amide bonds. The maximum atomic E-state index is 4.83. The number of pyridine rings is 1. The third kappa shape index (κ3) is 2.74. The molecule has 4 rings (SSSR count). The van der Waals surface area contributed by atoms with Crippen molar-refractivity contribution in [2.24, 2.45) is 0 Å². The van der Waals surface area contributed by atoms with Crippen molar-refractivity contribution in [3.8, 4) is 0 Å². The smallest absolute Gasteiger partial charge is 0.0804 e. The SMILES string of the molecule is CCc1cccc(C)c1Nc1cc(C)nc2c1ccc1ccccc12. The topological polar surface area (TPSA) is 24.9 Å². The van der Waals surface area contributed by atoms with Crippen molar-refractivity contribution >= 4 is 33.1 Å². The minimum Gasteiger partial charge on any atom is -0.354 e. The zero-order chi connectivity index (χ0) is 17.4. The lowest BCUT2D eigenvalue weighted by Crippen LogP contribution is -2.00. The molecule has 0 aliphatic heterocycles. The van der Waals surface area contributed by atoms with E-state index in [1.165, 1.54) is 27.6 Å². The lowest BCUT2D eigenvalue weighted by molar-refractivity contribution is 1.13. The Morgan fingerprint density at radius 3 is 2.56 bits per heavy atom. The van der Waals surface area contributed by atoms with Gasteiger partial charge < -0.3 is 5.32 Å². The zero-order valence-corrected chi connectivity index (χ0v) is 14.9. The summed E-state index contributed by atoms with van der Waals surface area (Å²) in [6.45, 7) is 6.42. The van der Waals surface area contributed by atoms with Gasteiger partial charge in [0.2, 0.25) is 0 Å². The van der Waals surface area contributed by atoms with Gasteiger partial charge in [0.05, 0.1) is 5.52 Å². The first-order valence-corrected chi connectivity index (χ1v) is 8.82. The molecule has 0 aliphatic carbocycles. The molecule has 0 unspecified atom stereocenters. The summed E-state index contributed by atoms with van der Waals surface area (Å²) >= 11 is 0. The highest BCUT2D eigenvalue weighted by atomic mass is 14.9. The number of aryl methyl sites for hydroxylation is 3. The molecule has 1 heterocycles. The second-order valence-corrected chi connectivity index (χ2v) is 6.58. The van der Waals surface area contributed by atoms with Gasteiger partial charge in [0.1, 0.15) is 0 Å². The van der Waals surface area contributed by atoms with E-state index < -0.39 is 0 Å². The molecule has 25 heavy (non-hydrogen) atoms. The summed E-state index contributed by atoms with van der Waals surface area (Å²) < 4.78 is 0. The monoisotopic (exact) mass is 326 g/mol. The average molecular weight is 326 g/mol. The van der Waals surface area contributed by atoms with Crippen LogP contribution >= 0.6 is 0 Å². The Labute approximate surface area is 148 Å². The van der Waals surface area contributed by atoms with E-state index in [2.05, 4.69) is 86.8 Å². The van der Waals surface area contributed by atoms with Crippen LogP contribution < -0.4 is 5.32 Å². The van der Waals surface area contributed by atoms with Crippen LogP contribution in [0.15, 0.2) is 60.7 Å². The van der Waals surface area contributed by atoms with Crippen molar-refractivity contribution in [2.45, 2.75) is 27.2 Å². The second-order valence-electron chi connectivity index (χ2n) is 6.58. The summed E-state index contributed by atoms with van der Waals surface area (Å²) in [7, 11) is 0. The Morgan fingerprint density at radius 2 is 1.72 bits per heavy atom. The fourth-order valence-electron chi connectivity index (χ4n) is 3.53. The molecular formula is C23H22N2. The number of nitrogens with zero attached hydrogens (tertiary/aromatic N) is 1. The Balaban J connectivity index is 1.95. The Morgan fingerprint density at radius 1 is 0.880 bits per heavy atom. The summed E-state index contributed by atoms with van der Waals surface area (Å²) in [5.41, 5.74) is 7.03. The molecule has 124 valence electrons. The van der Waals surface area contributed by atoms with Crippen LogP contribution in [0, 0.1) is 13.8 Å². The maximum Gasteiger partial charge on any atom is 0.0804 e. The van der Waals surface area contributed by atoms with Gasteiger partial charge in [-0.05, 0) is 42.8 Å². The lowest BCUT2D eigenvalue weighted by atomic mass is 10.0. The number of nitrogens with one attached hydrogen (secondary N) is 1. The fourth-order valence-corrected chi connectivity index (χ4v) is 3.53. The molecule has 0 spiro atoms. The van der Waals surface area contributed by atoms with Gasteiger partial charge in [0.25, 0.3) is 0 Å². The van der Waals surface area contributed by atoms with E-state index in [9.17, 15) is 0 Å². The molecule has 1 N–H and O–H groups in total. The van der Waals surface area contributed by atoms with Crippen LogP contribution in [0.25, 0.3) is 21.7 Å². The van der Waals surface area contributed by atoms with Gasteiger partial charge in [-0.15, -0.1) is 0 Å². The van der Waals surface area contributed by atoms with Gasteiger partial charge in [0, 0.05) is 27.8 Å². The first-order chi connectivity index (χ1) is 12.2. The molecule has 0 radical (unpaired) electrons. The van der Waals surface area contributed by atoms with Crippen LogP contribution in [-0.4, -0.2) is 4.98 Å². The summed E-state index contributed by atoms with van der Waals surface area (Å²) in [5, 5.41) is 7.29. The van der Waals surface area contributed by atoms with E-state index in [1.54, 1.807) is 0 Å². The number of rotatable bonds is 3. The van der Waals surface area contributed by atoms with E-state index in [1.807, 2.05) is 0 Å². The molecule has 0 saturated heterocycles. The van der Waals surface area contributed by atoms with E-state index in [0.717, 1.165) is 28.7 Å². The highest BCUT2D eigenvalue weighted by Crippen LogP contribution is 2.33. The number of hydrogen-bond donors (Lipinski definition) is 1. The van der Waals surface area contributed by atoms with Gasteiger partial charge >= 0.3 is 0 Å². The first-order valence-electron chi connectivity index (χ1n) is 8.82. The molecule has 0 fully saturated rings. The molecule has 4 aromatic rings. The van der Waals surface area contributed by atoms with Crippen LogP contribution in [0.4, 0.5) is 11.4 Å². The summed E-state index contributed by atoms with van der Waals surface area (Å²) in [6, 6.07) is 21.4. The second kappa shape index (κ2) is 6.21. The van der Waals surface area contributed by atoms with Crippen molar-refractivity contribution in [1.29, 1.82) is 0 Å². The van der Waals surface area contributed by atoms with E-state index in [4.69, 9.17) is 4.98 Å². The van der Waals surface area contributed by atoms with E-state index in [0.29, 0.717) is 0 Å². The number of benzene rings is 3. The Bertz CT molecular complexity index is 1080. The minimum atomic E-state index is 1.01. The van der Waals surface area contributed by atoms with Crippen LogP contribution in [0.2, 0.25) is 0 Å². The Hall–Kier alpha value is -2.87. The summed E-state index contributed by atoms with van der Waals surface area (Å²) in [4.78, 5) is 4.83. The van der Waals surface area contributed by atoms with Crippen LogP contribution in [0.3, 0.4) is 0 Å². The number of aromatic nitrogens is 1. The Kier molecular flexibility index (Phi) is 3.89. The molecule has 1 aromatic heterocycles. The number of fused-ring (bicyclic) bond motifs is 3. The van der Waals surface area contributed by atoms with Crippen molar-refractivity contribution in [3.05, 3.63) is 77.5 Å². The normalized spacial score (nSPS) is 11.2. The molecule has 2 heteroatoms. The molecule has 3 aromatic carbocycles. The van der Waals surface area contributed by atoms with Crippen LogP contribution in [0.1, 0.15) is 23.7 Å². The van der Waals surface area contributed by atoms with Crippen molar-refractivity contribution < 1.29 is 0 Å². The van der Waals surface area contributed by atoms with Crippen molar-refractivity contribution in [3.63, 3.8) is 0 Å². The molecule has 0 bridgehead atoms. The minimum absolute atomic E-state index is 1.01. The quantitative estimate of drug-likeness (QED) is 0.446. The maximum absolute atomic E-state index is 4.83. The van der Waals surface area contributed by atoms with E-state index >= 15 is 0 Å². The molecule has 2 nitrogen and oxygen atoms in total. The van der Waals surface area contributed by atoms with Gasteiger partial charge in [-0.1, -0.05) is 61.5 Å². The van der Waals surface area contributed by atoms with Crippen LogP contribution in [-0.2, 0) is 6.42 Å². The number of anilines is 2. The molecule has 0 atom stereocenters. The highest BCUT2D eigenvalue weighted by Gasteiger charge is 2.10. The number of hydrogen-bond acceptors (Lipinski definition) is 2. The van der Waals surface area contributed by atoms with Gasteiger partial charge in [-0.25, -0.2) is 0 Å². The molecule has 0 saturated carbocycles. The predicted molar refractivity (Wildman–Crippen MR) is 108 cm³/mol. The summed E-state index contributed by atoms with van der Waals surface area (Å²) in [6.07, 6.45) is 1.01. The first kappa shape index (κ1) is 15.6. The molecular weight excluding hydrogens is 304 g/mol. The predicted octanol–water partition coefficient (Wildman–Crippen LogP) is 6.31. The fraction of sp³-hybridized carbons (Fsp3) is 0.174. The number of para-hydroxylation sites is 1. The van der Waals surface area contributed by atoms with Gasteiger partial charge in [-0.3, -0.25) is 4.98 Å². The lowest BCUT2D eigenvalue weighted by Gasteiger charge is -2.17. The highest BCUT2D eigenvalue weighted by molar-refractivity contribution is 6.09. The van der Waals surface area contributed by atoms with Crippen molar-refractivity contribution in [2.75, 3.05) is 5.32 Å².